The Bertz CT molecular complexity index is 390. The maximum atomic E-state index is 13.5. The van der Waals surface area contributed by atoms with Gasteiger partial charge in [0.1, 0.15) is 5.82 Å². The first-order valence-electron chi connectivity index (χ1n) is 6.20. The minimum absolute atomic E-state index is 0.120. The Hall–Kier alpha value is -0.930. The average molecular weight is 236 g/mol. The van der Waals surface area contributed by atoms with Crippen LogP contribution in [-0.2, 0) is 6.54 Å². The molecule has 2 nitrogen and oxygen atoms in total. The van der Waals surface area contributed by atoms with Crippen LogP contribution in [0.1, 0.15) is 25.8 Å². The molecule has 0 aromatic heterocycles. The van der Waals surface area contributed by atoms with Crippen LogP contribution in [-0.4, -0.2) is 24.0 Å². The highest BCUT2D eigenvalue weighted by Crippen LogP contribution is 2.29. The first-order valence-corrected chi connectivity index (χ1v) is 6.20. The van der Waals surface area contributed by atoms with Gasteiger partial charge in [0.15, 0.2) is 0 Å². The van der Waals surface area contributed by atoms with E-state index in [4.69, 9.17) is 5.73 Å². The molecule has 1 aromatic rings. The van der Waals surface area contributed by atoms with Gasteiger partial charge in [-0.2, -0.15) is 0 Å². The number of likely N-dealkylation sites (tertiary alicyclic amines) is 1. The predicted molar refractivity (Wildman–Crippen MR) is 68.1 cm³/mol. The Morgan fingerprint density at radius 2 is 2.12 bits per heavy atom. The Labute approximate surface area is 103 Å². The average Bonchev–Trinajstić information content (AvgIpc) is 2.27. The van der Waals surface area contributed by atoms with Crippen molar-refractivity contribution in [2.45, 2.75) is 32.9 Å². The summed E-state index contributed by atoms with van der Waals surface area (Å²) < 4.78 is 13.5. The monoisotopic (exact) mass is 236 g/mol. The van der Waals surface area contributed by atoms with Gasteiger partial charge in [-0.3, -0.25) is 4.90 Å². The van der Waals surface area contributed by atoms with Gasteiger partial charge in [0.2, 0.25) is 0 Å². The van der Waals surface area contributed by atoms with Crippen molar-refractivity contribution >= 4 is 0 Å². The zero-order valence-electron chi connectivity index (χ0n) is 10.6. The van der Waals surface area contributed by atoms with E-state index in [-0.39, 0.29) is 17.3 Å². The van der Waals surface area contributed by atoms with Gasteiger partial charge >= 0.3 is 0 Å². The van der Waals surface area contributed by atoms with Crippen molar-refractivity contribution in [3.8, 4) is 0 Å². The number of nitrogens with zero attached hydrogens (tertiary/aromatic N) is 1. The number of rotatable bonds is 2. The summed E-state index contributed by atoms with van der Waals surface area (Å²) >= 11 is 0. The van der Waals surface area contributed by atoms with Gasteiger partial charge in [-0.15, -0.1) is 0 Å². The fourth-order valence-electron chi connectivity index (χ4n) is 2.26. The summed E-state index contributed by atoms with van der Waals surface area (Å²) in [5, 5.41) is 0. The third kappa shape index (κ3) is 2.85. The summed E-state index contributed by atoms with van der Waals surface area (Å²) in [5.41, 5.74) is 7.12. The van der Waals surface area contributed by atoms with Crippen LogP contribution in [0.5, 0.6) is 0 Å². The zero-order chi connectivity index (χ0) is 12.5. The Kier molecular flexibility index (Phi) is 3.50. The number of piperidine rings is 1. The smallest absolute Gasteiger partial charge is 0.127 e. The second-order valence-electron chi connectivity index (χ2n) is 5.67. The van der Waals surface area contributed by atoms with E-state index >= 15 is 0 Å². The topological polar surface area (TPSA) is 29.3 Å². The van der Waals surface area contributed by atoms with Crippen molar-refractivity contribution in [2.24, 2.45) is 11.1 Å². The lowest BCUT2D eigenvalue weighted by atomic mass is 9.78. The summed E-state index contributed by atoms with van der Waals surface area (Å²) in [5.74, 6) is -0.120. The molecule has 1 aliphatic rings. The van der Waals surface area contributed by atoms with E-state index in [1.165, 1.54) is 6.07 Å². The van der Waals surface area contributed by atoms with E-state index in [1.54, 1.807) is 6.07 Å². The molecule has 94 valence electrons. The van der Waals surface area contributed by atoms with Crippen LogP contribution in [0.15, 0.2) is 24.3 Å². The fourth-order valence-corrected chi connectivity index (χ4v) is 2.26. The molecule has 0 amide bonds. The first kappa shape index (κ1) is 12.5. The standard InChI is InChI=1S/C14H21FN2/c1-14(2)7-8-17(10-13(14)16)9-11-5-3-4-6-12(11)15/h3-6,13H,7-10,16H2,1-2H3. The van der Waals surface area contributed by atoms with Gasteiger partial charge in [0.25, 0.3) is 0 Å². The van der Waals surface area contributed by atoms with Crippen LogP contribution in [0.4, 0.5) is 4.39 Å². The molecule has 2 rings (SSSR count). The molecule has 0 spiro atoms. The molecule has 1 aromatic carbocycles. The Morgan fingerprint density at radius 1 is 1.41 bits per heavy atom. The molecule has 1 atom stereocenters. The van der Waals surface area contributed by atoms with Gasteiger partial charge in [-0.05, 0) is 24.4 Å². The van der Waals surface area contributed by atoms with Crippen LogP contribution < -0.4 is 5.73 Å². The highest BCUT2D eigenvalue weighted by molar-refractivity contribution is 5.17. The molecule has 0 radical (unpaired) electrons. The van der Waals surface area contributed by atoms with Crippen molar-refractivity contribution in [2.75, 3.05) is 13.1 Å². The van der Waals surface area contributed by atoms with Crippen LogP contribution in [0.3, 0.4) is 0 Å². The Balaban J connectivity index is 2.00. The van der Waals surface area contributed by atoms with E-state index < -0.39 is 0 Å². The van der Waals surface area contributed by atoms with Crippen molar-refractivity contribution in [1.82, 2.24) is 4.90 Å². The molecule has 0 bridgehead atoms. The molecule has 0 aliphatic carbocycles. The maximum Gasteiger partial charge on any atom is 0.127 e. The second kappa shape index (κ2) is 4.75. The summed E-state index contributed by atoms with van der Waals surface area (Å²) in [6.07, 6.45) is 1.07. The second-order valence-corrected chi connectivity index (χ2v) is 5.67. The largest absolute Gasteiger partial charge is 0.326 e. The molecule has 1 heterocycles. The number of halogens is 1. The van der Waals surface area contributed by atoms with E-state index in [9.17, 15) is 4.39 Å². The van der Waals surface area contributed by atoms with Crippen LogP contribution in [0.25, 0.3) is 0 Å². The Morgan fingerprint density at radius 3 is 2.76 bits per heavy atom. The third-order valence-electron chi connectivity index (χ3n) is 3.88. The summed E-state index contributed by atoms with van der Waals surface area (Å²) in [4.78, 5) is 2.24. The molecule has 3 heteroatoms. The van der Waals surface area contributed by atoms with Crippen LogP contribution >= 0.6 is 0 Å². The summed E-state index contributed by atoms with van der Waals surface area (Å²) in [6, 6.07) is 7.14. The minimum Gasteiger partial charge on any atom is -0.326 e. The van der Waals surface area contributed by atoms with Gasteiger partial charge < -0.3 is 5.73 Å². The van der Waals surface area contributed by atoms with E-state index in [0.717, 1.165) is 25.1 Å². The number of benzene rings is 1. The lowest BCUT2D eigenvalue weighted by molar-refractivity contribution is 0.1000. The fraction of sp³-hybridized carbons (Fsp3) is 0.571. The van der Waals surface area contributed by atoms with Gasteiger partial charge in [0, 0.05) is 24.7 Å². The first-order chi connectivity index (χ1) is 7.99. The van der Waals surface area contributed by atoms with Crippen molar-refractivity contribution in [1.29, 1.82) is 0 Å². The highest BCUT2D eigenvalue weighted by atomic mass is 19.1. The minimum atomic E-state index is -0.120. The van der Waals surface area contributed by atoms with Crippen molar-refractivity contribution in [3.05, 3.63) is 35.6 Å². The van der Waals surface area contributed by atoms with Crippen molar-refractivity contribution in [3.63, 3.8) is 0 Å². The zero-order valence-corrected chi connectivity index (χ0v) is 10.6. The van der Waals surface area contributed by atoms with Crippen LogP contribution in [0, 0.1) is 11.2 Å². The lowest BCUT2D eigenvalue weighted by Gasteiger charge is -2.42. The summed E-state index contributed by atoms with van der Waals surface area (Å²) in [7, 11) is 0. The number of nitrogens with two attached hydrogens (primary N) is 1. The highest BCUT2D eigenvalue weighted by Gasteiger charge is 2.32. The molecule has 17 heavy (non-hydrogen) atoms. The molecule has 0 saturated carbocycles. The SMILES string of the molecule is CC1(C)CCN(Cc2ccccc2F)CC1N. The van der Waals surface area contributed by atoms with Gasteiger partial charge in [-0.1, -0.05) is 32.0 Å². The van der Waals surface area contributed by atoms with E-state index in [2.05, 4.69) is 18.7 Å². The predicted octanol–water partition coefficient (Wildman–Crippen LogP) is 2.38. The molecule has 1 fully saturated rings. The quantitative estimate of drug-likeness (QED) is 0.854. The number of hydrogen-bond acceptors (Lipinski definition) is 2. The molecule has 1 aliphatic heterocycles. The summed E-state index contributed by atoms with van der Waals surface area (Å²) in [6.45, 7) is 6.92. The molecule has 1 unspecified atom stereocenters. The maximum absolute atomic E-state index is 13.5. The van der Waals surface area contributed by atoms with E-state index in [1.807, 2.05) is 12.1 Å². The molecular formula is C14H21FN2. The molecular weight excluding hydrogens is 215 g/mol. The van der Waals surface area contributed by atoms with Crippen LogP contribution in [0.2, 0.25) is 0 Å². The normalized spacial score (nSPS) is 24.8. The van der Waals surface area contributed by atoms with E-state index in [0.29, 0.717) is 6.54 Å². The van der Waals surface area contributed by atoms with Gasteiger partial charge in [-0.25, -0.2) is 4.39 Å². The number of hydrogen-bond donors (Lipinski definition) is 1. The lowest BCUT2D eigenvalue weighted by Crippen LogP contribution is -2.52. The molecule has 1 saturated heterocycles. The van der Waals surface area contributed by atoms with Gasteiger partial charge in [0.05, 0.1) is 0 Å². The third-order valence-corrected chi connectivity index (χ3v) is 3.88. The van der Waals surface area contributed by atoms with Crippen molar-refractivity contribution < 1.29 is 4.39 Å². The molecule has 2 N–H and O–H groups in total.